The molecule has 1 saturated heterocycles. The fraction of sp³-hybridized carbons (Fsp3) is 0.450. The van der Waals surface area contributed by atoms with E-state index in [0.717, 1.165) is 40.2 Å². The van der Waals surface area contributed by atoms with Crippen molar-refractivity contribution in [3.63, 3.8) is 0 Å². The average molecular weight is 447 g/mol. The first-order valence-corrected chi connectivity index (χ1v) is 12.3. The third kappa shape index (κ3) is 3.30. The van der Waals surface area contributed by atoms with Crippen LogP contribution in [0.5, 0.6) is 0 Å². The normalized spacial score (nSPS) is 22.0. The average Bonchev–Trinajstić information content (AvgIpc) is 3.35. The van der Waals surface area contributed by atoms with Crippen LogP contribution in [0.1, 0.15) is 24.6 Å². The number of fused-ring (bicyclic) bond motifs is 2. The largest absolute Gasteiger partial charge is 0.363 e. The highest BCUT2D eigenvalue weighted by Gasteiger charge is 2.34. The molecule has 3 aromatic heterocycles. The van der Waals surface area contributed by atoms with Crippen LogP contribution in [0.4, 0.5) is 11.5 Å². The summed E-state index contributed by atoms with van der Waals surface area (Å²) < 4.78 is 24.0. The van der Waals surface area contributed by atoms with Crippen molar-refractivity contribution < 1.29 is 8.42 Å². The van der Waals surface area contributed by atoms with Crippen LogP contribution in [0.25, 0.3) is 11.0 Å². The van der Waals surface area contributed by atoms with Gasteiger partial charge in [-0.1, -0.05) is 11.6 Å². The number of pyridine rings is 1. The maximum absolute atomic E-state index is 12.0. The number of hydrogen-bond donors (Lipinski definition) is 1. The van der Waals surface area contributed by atoms with Crippen molar-refractivity contribution in [3.8, 4) is 0 Å². The smallest absolute Gasteiger partial charge is 0.152 e. The van der Waals surface area contributed by atoms with E-state index in [1.807, 2.05) is 18.3 Å². The molecule has 0 unspecified atom stereocenters. The molecule has 10 heteroatoms. The van der Waals surface area contributed by atoms with E-state index in [-0.39, 0.29) is 11.3 Å². The summed E-state index contributed by atoms with van der Waals surface area (Å²) in [5.41, 5.74) is 3.86. The minimum absolute atomic E-state index is 0.221. The van der Waals surface area contributed by atoms with E-state index in [1.54, 1.807) is 6.33 Å². The first-order chi connectivity index (χ1) is 14.3. The second kappa shape index (κ2) is 7.09. The number of aromatic amines is 1. The second-order valence-corrected chi connectivity index (χ2v) is 10.9. The lowest BCUT2D eigenvalue weighted by atomic mass is 9.98. The summed E-state index contributed by atoms with van der Waals surface area (Å²) >= 11 is 6.29. The maximum Gasteiger partial charge on any atom is 0.152 e. The van der Waals surface area contributed by atoms with Gasteiger partial charge in [-0.15, -0.1) is 0 Å². The van der Waals surface area contributed by atoms with Gasteiger partial charge in [0, 0.05) is 55.5 Å². The zero-order valence-electron chi connectivity index (χ0n) is 16.8. The third-order valence-electron chi connectivity index (χ3n) is 6.20. The molecular weight excluding hydrogens is 424 g/mol. The predicted molar refractivity (Wildman–Crippen MR) is 118 cm³/mol. The van der Waals surface area contributed by atoms with Crippen LogP contribution >= 0.6 is 11.6 Å². The van der Waals surface area contributed by atoms with Gasteiger partial charge in [0.1, 0.15) is 22.9 Å². The molecule has 5 rings (SSSR count). The van der Waals surface area contributed by atoms with Crippen LogP contribution < -0.4 is 9.80 Å². The molecule has 0 aromatic carbocycles. The van der Waals surface area contributed by atoms with Gasteiger partial charge in [0.15, 0.2) is 9.84 Å². The minimum Gasteiger partial charge on any atom is -0.363 e. The SMILES string of the molecule is C[C@@H]1Cc2ncnc(N3CC[C@@H](S(C)(=O)=O)C3)c2CN1c1cc(Cl)nc2[nH]ccc12. The molecule has 8 nitrogen and oxygen atoms in total. The monoisotopic (exact) mass is 446 g/mol. The summed E-state index contributed by atoms with van der Waals surface area (Å²) in [4.78, 5) is 21.0. The topological polar surface area (TPSA) is 95.1 Å². The number of H-pyrrole nitrogens is 1. The number of anilines is 2. The Morgan fingerprint density at radius 2 is 2.13 bits per heavy atom. The number of rotatable bonds is 3. The minimum atomic E-state index is -3.07. The number of nitrogens with zero attached hydrogens (tertiary/aromatic N) is 5. The summed E-state index contributed by atoms with van der Waals surface area (Å²) in [6, 6.07) is 4.13. The molecule has 2 aliphatic rings. The van der Waals surface area contributed by atoms with Gasteiger partial charge in [0.25, 0.3) is 0 Å². The van der Waals surface area contributed by atoms with Crippen molar-refractivity contribution in [1.82, 2.24) is 19.9 Å². The second-order valence-electron chi connectivity index (χ2n) is 8.19. The summed E-state index contributed by atoms with van der Waals surface area (Å²) in [6.07, 6.45) is 6.18. The lowest BCUT2D eigenvalue weighted by Crippen LogP contribution is -2.40. The Morgan fingerprint density at radius 3 is 2.90 bits per heavy atom. The molecule has 3 aromatic rings. The molecule has 0 bridgehead atoms. The molecule has 1 N–H and O–H groups in total. The van der Waals surface area contributed by atoms with E-state index >= 15 is 0 Å². The standard InChI is InChI=1S/C20H23ClN6O2S/c1-12-7-16-15(10-27(12)17-8-18(21)25-19-14(17)3-5-22-19)20(24-11-23-16)26-6-4-13(9-26)30(2,28)29/h3,5,8,11-13H,4,6-7,9-10H2,1-2H3,(H,22,25)/t12-,13-/m1/s1. The molecule has 0 amide bonds. The molecule has 30 heavy (non-hydrogen) atoms. The van der Waals surface area contributed by atoms with E-state index in [1.165, 1.54) is 6.26 Å². The van der Waals surface area contributed by atoms with Gasteiger partial charge < -0.3 is 14.8 Å². The summed E-state index contributed by atoms with van der Waals surface area (Å²) in [5.74, 6) is 0.841. The zero-order valence-corrected chi connectivity index (χ0v) is 18.4. The molecular formula is C20H23ClN6O2S. The quantitative estimate of drug-likeness (QED) is 0.618. The molecule has 0 spiro atoms. The summed E-state index contributed by atoms with van der Waals surface area (Å²) in [7, 11) is -3.07. The zero-order chi connectivity index (χ0) is 21.0. The van der Waals surface area contributed by atoms with Gasteiger partial charge in [0.05, 0.1) is 16.6 Å². The molecule has 2 atom stereocenters. The third-order valence-corrected chi connectivity index (χ3v) is 7.99. The van der Waals surface area contributed by atoms with Gasteiger partial charge in [-0.3, -0.25) is 0 Å². The van der Waals surface area contributed by atoms with Gasteiger partial charge in [-0.2, -0.15) is 0 Å². The molecule has 158 valence electrons. The maximum atomic E-state index is 12.0. The Morgan fingerprint density at radius 1 is 1.30 bits per heavy atom. The molecule has 5 heterocycles. The van der Waals surface area contributed by atoms with E-state index in [4.69, 9.17) is 11.6 Å². The van der Waals surface area contributed by atoms with Crippen molar-refractivity contribution in [3.05, 3.63) is 41.1 Å². The Labute approximate surface area is 180 Å². The highest BCUT2D eigenvalue weighted by molar-refractivity contribution is 7.91. The highest BCUT2D eigenvalue weighted by Crippen LogP contribution is 2.37. The Bertz CT molecular complexity index is 1230. The lowest BCUT2D eigenvalue weighted by Gasteiger charge is -2.38. The van der Waals surface area contributed by atoms with Gasteiger partial charge in [0.2, 0.25) is 0 Å². The van der Waals surface area contributed by atoms with E-state index in [0.29, 0.717) is 31.2 Å². The van der Waals surface area contributed by atoms with Crippen LogP contribution in [0.15, 0.2) is 24.7 Å². The number of aromatic nitrogens is 4. The number of sulfone groups is 1. The van der Waals surface area contributed by atoms with E-state index in [2.05, 4.69) is 36.7 Å². The van der Waals surface area contributed by atoms with Crippen molar-refractivity contribution in [1.29, 1.82) is 0 Å². The van der Waals surface area contributed by atoms with Gasteiger partial charge in [-0.25, -0.2) is 23.4 Å². The first-order valence-electron chi connectivity index (χ1n) is 9.98. The summed E-state index contributed by atoms with van der Waals surface area (Å²) in [6.45, 7) is 3.96. The fourth-order valence-corrected chi connectivity index (χ4v) is 5.76. The van der Waals surface area contributed by atoms with Crippen LogP contribution in [0.3, 0.4) is 0 Å². The van der Waals surface area contributed by atoms with Crippen molar-refractivity contribution in [2.24, 2.45) is 0 Å². The van der Waals surface area contributed by atoms with Crippen molar-refractivity contribution in [2.45, 2.75) is 37.6 Å². The van der Waals surface area contributed by atoms with E-state index in [9.17, 15) is 8.42 Å². The number of halogens is 1. The predicted octanol–water partition coefficient (Wildman–Crippen LogP) is 2.58. The Kier molecular flexibility index (Phi) is 4.62. The number of nitrogens with one attached hydrogen (secondary N) is 1. The molecule has 0 radical (unpaired) electrons. The molecule has 2 aliphatic heterocycles. The molecule has 1 fully saturated rings. The van der Waals surface area contributed by atoms with Crippen molar-refractivity contribution in [2.75, 3.05) is 29.1 Å². The lowest BCUT2D eigenvalue weighted by molar-refractivity contribution is 0.579. The fourth-order valence-electron chi connectivity index (χ4n) is 4.58. The van der Waals surface area contributed by atoms with Crippen LogP contribution in [0, 0.1) is 0 Å². The molecule has 0 saturated carbocycles. The van der Waals surface area contributed by atoms with Gasteiger partial charge in [-0.05, 0) is 25.5 Å². The van der Waals surface area contributed by atoms with Crippen LogP contribution in [0.2, 0.25) is 5.15 Å². The highest BCUT2D eigenvalue weighted by atomic mass is 35.5. The first kappa shape index (κ1) is 19.6. The van der Waals surface area contributed by atoms with Crippen molar-refractivity contribution >= 4 is 44.0 Å². The molecule has 0 aliphatic carbocycles. The summed E-state index contributed by atoms with van der Waals surface area (Å²) in [5, 5.41) is 1.12. The number of hydrogen-bond acceptors (Lipinski definition) is 7. The van der Waals surface area contributed by atoms with Crippen LogP contribution in [-0.2, 0) is 22.8 Å². The van der Waals surface area contributed by atoms with Crippen LogP contribution in [-0.4, -0.2) is 59.0 Å². The Hall–Kier alpha value is -2.39. The Balaban J connectivity index is 1.53. The van der Waals surface area contributed by atoms with E-state index < -0.39 is 9.84 Å². The van der Waals surface area contributed by atoms with Gasteiger partial charge >= 0.3 is 0 Å².